The average Bonchev–Trinajstić information content (AvgIpc) is 3.68. The number of hydrogen-bond donors (Lipinski definition) is 2. The minimum absolute atomic E-state index is 0.0379. The monoisotopic (exact) mass is 631 g/mol. The first-order valence-corrected chi connectivity index (χ1v) is 14.9. The Morgan fingerprint density at radius 3 is 2.67 bits per heavy atom. The van der Waals surface area contributed by atoms with E-state index in [9.17, 15) is 28.4 Å². The molecular weight excluding hydrogens is 604 g/mol. The largest absolute Gasteiger partial charge is 0.351 e. The number of benzene rings is 2. The Labute approximate surface area is 262 Å². The highest BCUT2D eigenvalue weighted by Gasteiger charge is 2.45. The molecular formula is C32H28ClF2N7O3. The summed E-state index contributed by atoms with van der Waals surface area (Å²) < 4.78 is 27.9. The third-order valence-electron chi connectivity index (χ3n) is 8.34. The number of nitriles is 1. The summed E-state index contributed by atoms with van der Waals surface area (Å²) in [6.45, 7) is 0. The minimum atomic E-state index is -2.79. The van der Waals surface area contributed by atoms with E-state index in [1.54, 1.807) is 48.7 Å². The molecule has 3 amide bonds. The van der Waals surface area contributed by atoms with Gasteiger partial charge in [0.15, 0.2) is 0 Å². The predicted molar refractivity (Wildman–Crippen MR) is 163 cm³/mol. The summed E-state index contributed by atoms with van der Waals surface area (Å²) in [5.74, 6) is -4.23. The molecule has 1 saturated carbocycles. The molecule has 45 heavy (non-hydrogen) atoms. The lowest BCUT2D eigenvalue weighted by Crippen LogP contribution is -2.53. The number of anilines is 2. The van der Waals surface area contributed by atoms with Gasteiger partial charge in [-0.25, -0.2) is 13.8 Å². The molecule has 1 aliphatic carbocycles. The first kappa shape index (κ1) is 30.1. The van der Waals surface area contributed by atoms with Crippen LogP contribution in [0.25, 0.3) is 10.9 Å². The predicted octanol–water partition coefficient (Wildman–Crippen LogP) is 5.45. The summed E-state index contributed by atoms with van der Waals surface area (Å²) in [7, 11) is 0. The number of aromatic amines is 1. The first-order chi connectivity index (χ1) is 21.7. The van der Waals surface area contributed by atoms with Crippen LogP contribution in [-0.2, 0) is 14.4 Å². The van der Waals surface area contributed by atoms with Crippen molar-refractivity contribution < 1.29 is 23.2 Å². The quantitative estimate of drug-likeness (QED) is 0.279. The molecule has 2 atom stereocenters. The van der Waals surface area contributed by atoms with Crippen molar-refractivity contribution in [2.45, 2.75) is 62.6 Å². The molecule has 13 heteroatoms. The van der Waals surface area contributed by atoms with Crippen molar-refractivity contribution in [3.8, 4) is 6.07 Å². The van der Waals surface area contributed by atoms with E-state index in [1.807, 2.05) is 6.07 Å². The molecule has 2 fully saturated rings. The van der Waals surface area contributed by atoms with Gasteiger partial charge < -0.3 is 5.32 Å². The number of fused-ring (bicyclic) bond motifs is 1. The van der Waals surface area contributed by atoms with E-state index in [2.05, 4.69) is 20.5 Å². The van der Waals surface area contributed by atoms with Gasteiger partial charge in [-0.05, 0) is 43.5 Å². The molecule has 6 rings (SSSR count). The lowest BCUT2D eigenvalue weighted by Gasteiger charge is -2.37. The number of H-pyrrole nitrogens is 1. The maximum Gasteiger partial charge on any atom is 0.251 e. The SMILES string of the molecule is N#Cc1ccnc(N2C(=O)CC[C@H]2C(=O)N(c2cccc3cn[nH]c23)[C@H](C(=O)NC2CCC(F)(F)CC2)c2ccccc2Cl)c1. The zero-order valence-electron chi connectivity index (χ0n) is 23.9. The van der Waals surface area contributed by atoms with Crippen LogP contribution in [0.15, 0.2) is 67.0 Å². The van der Waals surface area contributed by atoms with Gasteiger partial charge in [0, 0.05) is 47.5 Å². The lowest BCUT2D eigenvalue weighted by atomic mass is 9.91. The molecule has 1 saturated heterocycles. The number of nitrogens with one attached hydrogen (secondary N) is 2. The number of para-hydroxylation sites is 1. The number of rotatable bonds is 7. The topological polar surface area (TPSA) is 135 Å². The Bertz CT molecular complexity index is 1810. The van der Waals surface area contributed by atoms with Crippen LogP contribution in [0.3, 0.4) is 0 Å². The van der Waals surface area contributed by atoms with E-state index < -0.39 is 35.9 Å². The Morgan fingerprint density at radius 2 is 1.91 bits per heavy atom. The Hall–Kier alpha value is -4.89. The van der Waals surface area contributed by atoms with Crippen LogP contribution in [-0.4, -0.2) is 50.9 Å². The van der Waals surface area contributed by atoms with Gasteiger partial charge in [0.2, 0.25) is 17.7 Å². The van der Waals surface area contributed by atoms with Crippen molar-refractivity contribution >= 4 is 51.7 Å². The van der Waals surface area contributed by atoms with Crippen LogP contribution in [0.1, 0.15) is 55.7 Å². The van der Waals surface area contributed by atoms with Gasteiger partial charge in [0.05, 0.1) is 29.0 Å². The van der Waals surface area contributed by atoms with Gasteiger partial charge in [-0.2, -0.15) is 10.4 Å². The van der Waals surface area contributed by atoms with Crippen molar-refractivity contribution in [1.29, 1.82) is 5.26 Å². The molecule has 1 aliphatic heterocycles. The van der Waals surface area contributed by atoms with Crippen molar-refractivity contribution in [3.05, 3.63) is 83.1 Å². The molecule has 0 bridgehead atoms. The van der Waals surface area contributed by atoms with Crippen molar-refractivity contribution in [2.24, 2.45) is 0 Å². The van der Waals surface area contributed by atoms with Gasteiger partial charge in [-0.15, -0.1) is 0 Å². The van der Waals surface area contributed by atoms with Gasteiger partial charge in [0.25, 0.3) is 5.91 Å². The standard InChI is InChI=1S/C32H28ClF2N7O3/c33-23-6-2-1-5-22(23)29(30(44)39-21-10-13-32(34,35)14-11-21)42(24-7-3-4-20-18-38-40-28(20)24)31(45)25-8-9-27(43)41(25)26-16-19(17-36)12-15-37-26/h1-7,12,15-16,18,21,25,29H,8-11,13-14H2,(H,38,40)(H,39,44)/t25-,29-/m0/s1. The number of pyridine rings is 1. The maximum atomic E-state index is 14.9. The summed E-state index contributed by atoms with van der Waals surface area (Å²) >= 11 is 6.67. The van der Waals surface area contributed by atoms with E-state index in [0.717, 1.165) is 0 Å². The van der Waals surface area contributed by atoms with Gasteiger partial charge in [0.1, 0.15) is 17.9 Å². The van der Waals surface area contributed by atoms with E-state index in [-0.39, 0.29) is 60.8 Å². The number of alkyl halides is 2. The van der Waals surface area contributed by atoms with Crippen LogP contribution in [0, 0.1) is 11.3 Å². The van der Waals surface area contributed by atoms with E-state index in [1.165, 1.54) is 28.1 Å². The molecule has 0 unspecified atom stereocenters. The van der Waals surface area contributed by atoms with Gasteiger partial charge >= 0.3 is 0 Å². The fourth-order valence-corrected chi connectivity index (χ4v) is 6.32. The smallest absolute Gasteiger partial charge is 0.251 e. The maximum absolute atomic E-state index is 14.9. The van der Waals surface area contributed by atoms with Crippen molar-refractivity contribution in [1.82, 2.24) is 20.5 Å². The molecule has 3 heterocycles. The molecule has 2 aromatic carbocycles. The number of amides is 3. The van der Waals surface area contributed by atoms with Crippen molar-refractivity contribution in [3.63, 3.8) is 0 Å². The fourth-order valence-electron chi connectivity index (χ4n) is 6.08. The summed E-state index contributed by atoms with van der Waals surface area (Å²) in [6, 6.07) is 13.7. The van der Waals surface area contributed by atoms with Crippen LogP contribution >= 0.6 is 11.6 Å². The average molecular weight is 632 g/mol. The van der Waals surface area contributed by atoms with Crippen LogP contribution < -0.4 is 15.1 Å². The highest BCUT2D eigenvalue weighted by Crippen LogP contribution is 2.39. The van der Waals surface area contributed by atoms with Crippen molar-refractivity contribution in [2.75, 3.05) is 9.80 Å². The number of halogens is 3. The summed E-state index contributed by atoms with van der Waals surface area (Å²) in [6.07, 6.45) is 2.55. The van der Waals surface area contributed by atoms with Gasteiger partial charge in [-0.3, -0.25) is 29.3 Å². The minimum Gasteiger partial charge on any atom is -0.351 e. The molecule has 2 aromatic heterocycles. The summed E-state index contributed by atoms with van der Waals surface area (Å²) in [5.41, 5.74) is 1.34. The fraction of sp³-hybridized carbons (Fsp3) is 0.312. The summed E-state index contributed by atoms with van der Waals surface area (Å²) in [4.78, 5) is 49.3. The van der Waals surface area contributed by atoms with Crippen LogP contribution in [0.5, 0.6) is 0 Å². The molecule has 2 aliphatic rings. The van der Waals surface area contributed by atoms with Gasteiger partial charge in [-0.1, -0.05) is 41.9 Å². The van der Waals surface area contributed by atoms with E-state index in [4.69, 9.17) is 11.6 Å². The van der Waals surface area contributed by atoms with E-state index in [0.29, 0.717) is 22.2 Å². The third kappa shape index (κ3) is 5.95. The molecule has 0 radical (unpaired) electrons. The Balaban J connectivity index is 1.48. The highest BCUT2D eigenvalue weighted by molar-refractivity contribution is 6.32. The second-order valence-electron chi connectivity index (χ2n) is 11.2. The first-order valence-electron chi connectivity index (χ1n) is 14.5. The molecule has 10 nitrogen and oxygen atoms in total. The second kappa shape index (κ2) is 12.2. The molecule has 0 spiro atoms. The zero-order valence-corrected chi connectivity index (χ0v) is 24.7. The Kier molecular flexibility index (Phi) is 8.20. The summed E-state index contributed by atoms with van der Waals surface area (Å²) in [5, 5.41) is 20.3. The number of carbonyl (C=O) groups is 3. The number of nitrogens with zero attached hydrogens (tertiary/aromatic N) is 5. The normalized spacial score (nSPS) is 18.8. The Morgan fingerprint density at radius 1 is 1.13 bits per heavy atom. The zero-order chi connectivity index (χ0) is 31.7. The van der Waals surface area contributed by atoms with Crippen LogP contribution in [0.2, 0.25) is 5.02 Å². The second-order valence-corrected chi connectivity index (χ2v) is 11.6. The third-order valence-corrected chi connectivity index (χ3v) is 8.68. The number of carbonyl (C=O) groups excluding carboxylic acids is 3. The van der Waals surface area contributed by atoms with Crippen LogP contribution in [0.4, 0.5) is 20.3 Å². The molecule has 2 N–H and O–H groups in total. The lowest BCUT2D eigenvalue weighted by molar-refractivity contribution is -0.128. The molecule has 4 aromatic rings. The number of hydrogen-bond acceptors (Lipinski definition) is 6. The number of aromatic nitrogens is 3. The highest BCUT2D eigenvalue weighted by atomic mass is 35.5. The molecule has 230 valence electrons. The van der Waals surface area contributed by atoms with E-state index >= 15 is 0 Å².